The molecule has 4 aromatic rings. The third-order valence-corrected chi connectivity index (χ3v) is 14.7. The third kappa shape index (κ3) is 10.5. The zero-order valence-electron chi connectivity index (χ0n) is 30.2. The lowest BCUT2D eigenvalue weighted by Gasteiger charge is -2.08. The number of thiophene rings is 4. The van der Waals surface area contributed by atoms with Gasteiger partial charge in [0.05, 0.1) is 9.75 Å². The number of terminal acetylenes is 2. The molecule has 0 aliphatic carbocycles. The van der Waals surface area contributed by atoms with Gasteiger partial charge in [0.2, 0.25) is 0 Å². The van der Waals surface area contributed by atoms with Gasteiger partial charge in [-0.1, -0.05) is 117 Å². The molecule has 0 radical (unpaired) electrons. The van der Waals surface area contributed by atoms with E-state index in [9.17, 15) is 0 Å². The lowest BCUT2D eigenvalue weighted by Crippen LogP contribution is -1.95. The Balaban J connectivity index is 1.63. The van der Waals surface area contributed by atoms with Crippen LogP contribution in [0.25, 0.3) is 29.3 Å². The average molecular weight is 715 g/mol. The quantitative estimate of drug-likeness (QED) is 0.0530. The Morgan fingerprint density at radius 2 is 0.708 bits per heavy atom. The van der Waals surface area contributed by atoms with Crippen molar-refractivity contribution in [2.45, 2.75) is 156 Å². The van der Waals surface area contributed by atoms with Crippen LogP contribution in [0, 0.1) is 24.7 Å². The molecule has 258 valence electrons. The van der Waals surface area contributed by atoms with Crippen LogP contribution in [0.3, 0.4) is 0 Å². The fraction of sp³-hybridized carbons (Fsp3) is 0.545. The largest absolute Gasteiger partial charge is 0.134 e. The Hall–Kier alpha value is -2.08. The minimum atomic E-state index is 1.12. The van der Waals surface area contributed by atoms with Crippen molar-refractivity contribution in [2.75, 3.05) is 0 Å². The van der Waals surface area contributed by atoms with E-state index in [1.165, 1.54) is 153 Å². The summed E-state index contributed by atoms with van der Waals surface area (Å²) in [5, 5.41) is 0. The third-order valence-electron chi connectivity index (χ3n) is 9.52. The van der Waals surface area contributed by atoms with E-state index in [0.717, 1.165) is 25.7 Å². The second-order valence-corrected chi connectivity index (χ2v) is 17.5. The molecular formula is C44H58S4. The molecule has 0 saturated heterocycles. The SMILES string of the molecule is C#Cc1sc(-c2ccc(-c3ccc(-c4sc(C#C)c(CCCCCC)c4CCCCCC)s3)s2)c(CCCCCC)c1CCCCCC. The molecule has 0 aliphatic rings. The van der Waals surface area contributed by atoms with Crippen LogP contribution < -0.4 is 0 Å². The molecule has 0 unspecified atom stereocenters. The molecule has 0 amide bonds. The first-order valence-electron chi connectivity index (χ1n) is 19.0. The van der Waals surface area contributed by atoms with Crippen LogP contribution in [0.2, 0.25) is 0 Å². The normalized spacial score (nSPS) is 11.3. The summed E-state index contributed by atoms with van der Waals surface area (Å²) in [6, 6.07) is 9.41. The van der Waals surface area contributed by atoms with Crippen LogP contribution >= 0.6 is 45.3 Å². The van der Waals surface area contributed by atoms with Crippen molar-refractivity contribution < 1.29 is 0 Å². The molecular weight excluding hydrogens is 657 g/mol. The highest BCUT2D eigenvalue weighted by Crippen LogP contribution is 2.47. The smallest absolute Gasteiger partial charge is 0.0807 e. The van der Waals surface area contributed by atoms with Crippen LogP contribution in [0.1, 0.15) is 162 Å². The van der Waals surface area contributed by atoms with Crippen molar-refractivity contribution in [3.63, 3.8) is 0 Å². The fourth-order valence-electron chi connectivity index (χ4n) is 6.79. The van der Waals surface area contributed by atoms with Crippen molar-refractivity contribution in [1.82, 2.24) is 0 Å². The molecule has 0 saturated carbocycles. The monoisotopic (exact) mass is 714 g/mol. The molecule has 0 spiro atoms. The summed E-state index contributed by atoms with van der Waals surface area (Å²) in [6.07, 6.45) is 37.3. The zero-order chi connectivity index (χ0) is 34.1. The average Bonchev–Trinajstić information content (AvgIpc) is 3.90. The van der Waals surface area contributed by atoms with Gasteiger partial charge < -0.3 is 0 Å². The van der Waals surface area contributed by atoms with Crippen molar-refractivity contribution in [1.29, 1.82) is 0 Å². The number of unbranched alkanes of at least 4 members (excludes halogenated alkanes) is 12. The summed E-state index contributed by atoms with van der Waals surface area (Å²) in [6.45, 7) is 9.16. The predicted molar refractivity (Wildman–Crippen MR) is 222 cm³/mol. The van der Waals surface area contributed by atoms with Gasteiger partial charge >= 0.3 is 0 Å². The summed E-state index contributed by atoms with van der Waals surface area (Å²) in [5.41, 5.74) is 6.02. The van der Waals surface area contributed by atoms with E-state index >= 15 is 0 Å². The van der Waals surface area contributed by atoms with E-state index in [2.05, 4.69) is 63.8 Å². The fourth-order valence-corrected chi connectivity index (χ4v) is 11.6. The van der Waals surface area contributed by atoms with Gasteiger partial charge in [-0.25, -0.2) is 0 Å². The van der Waals surface area contributed by atoms with Gasteiger partial charge in [0.25, 0.3) is 0 Å². The lowest BCUT2D eigenvalue weighted by molar-refractivity contribution is 0.652. The Morgan fingerprint density at radius 3 is 1.02 bits per heavy atom. The first-order valence-corrected chi connectivity index (χ1v) is 22.3. The summed E-state index contributed by atoms with van der Waals surface area (Å²) in [7, 11) is 0. The van der Waals surface area contributed by atoms with E-state index in [1.54, 1.807) is 11.1 Å². The topological polar surface area (TPSA) is 0 Å². The maximum absolute atomic E-state index is 6.15. The lowest BCUT2D eigenvalue weighted by atomic mass is 9.96. The molecule has 0 fully saturated rings. The first kappa shape index (κ1) is 38.7. The van der Waals surface area contributed by atoms with Gasteiger partial charge in [-0.15, -0.1) is 58.2 Å². The van der Waals surface area contributed by atoms with Crippen molar-refractivity contribution in [3.8, 4) is 54.0 Å². The number of hydrogen-bond donors (Lipinski definition) is 0. The van der Waals surface area contributed by atoms with Crippen LogP contribution in [0.4, 0.5) is 0 Å². The highest BCUT2D eigenvalue weighted by Gasteiger charge is 2.22. The van der Waals surface area contributed by atoms with Crippen molar-refractivity contribution in [3.05, 3.63) is 56.3 Å². The molecule has 0 bridgehead atoms. The van der Waals surface area contributed by atoms with Crippen molar-refractivity contribution >= 4 is 45.3 Å². The Morgan fingerprint density at radius 1 is 0.396 bits per heavy atom. The standard InChI is InChI=1S/C44H58S4/c1-7-13-17-21-25-33-35(27-23-19-15-9-3)43(47-37(33)11-5)41-31-29-39(45-41)40-30-32-42(46-40)44-36(28-24-20-16-10-4)34(38(12-6)48-44)26-22-18-14-8-2/h5-6,29-32H,7-10,13-28H2,1-4H3. The molecule has 0 aromatic carbocycles. The van der Waals surface area contributed by atoms with Gasteiger partial charge in [0.1, 0.15) is 0 Å². The molecule has 0 aliphatic heterocycles. The highest BCUT2D eigenvalue weighted by molar-refractivity contribution is 7.28. The molecule has 4 heterocycles. The van der Waals surface area contributed by atoms with Crippen LogP contribution in [-0.4, -0.2) is 0 Å². The minimum Gasteiger partial charge on any atom is -0.134 e. The molecule has 0 atom stereocenters. The maximum atomic E-state index is 6.15. The van der Waals surface area contributed by atoms with Gasteiger partial charge in [0, 0.05) is 29.3 Å². The second-order valence-electron chi connectivity index (χ2n) is 13.3. The van der Waals surface area contributed by atoms with Crippen LogP contribution in [0.15, 0.2) is 24.3 Å². The van der Waals surface area contributed by atoms with E-state index < -0.39 is 0 Å². The Kier molecular flexibility index (Phi) is 17.1. The van der Waals surface area contributed by atoms with E-state index in [4.69, 9.17) is 12.8 Å². The van der Waals surface area contributed by atoms with E-state index in [-0.39, 0.29) is 0 Å². The summed E-state index contributed by atoms with van der Waals surface area (Å²) < 4.78 is 0. The van der Waals surface area contributed by atoms with Crippen LogP contribution in [-0.2, 0) is 25.7 Å². The summed E-state index contributed by atoms with van der Waals surface area (Å²) >= 11 is 7.62. The second kappa shape index (κ2) is 21.2. The highest BCUT2D eigenvalue weighted by atomic mass is 32.1. The first-order chi connectivity index (χ1) is 23.6. The van der Waals surface area contributed by atoms with Gasteiger partial charge in [-0.3, -0.25) is 0 Å². The molecule has 0 N–H and O–H groups in total. The van der Waals surface area contributed by atoms with Gasteiger partial charge in [-0.2, -0.15) is 0 Å². The Bertz CT molecular complexity index is 1480. The summed E-state index contributed by atoms with van der Waals surface area (Å²) in [5.74, 6) is 6.20. The van der Waals surface area contributed by atoms with Crippen LogP contribution in [0.5, 0.6) is 0 Å². The van der Waals surface area contributed by atoms with E-state index in [1.807, 2.05) is 45.3 Å². The molecule has 4 rings (SSSR count). The van der Waals surface area contributed by atoms with E-state index in [0.29, 0.717) is 0 Å². The predicted octanol–water partition coefficient (Wildman–Crippen LogP) is 15.4. The van der Waals surface area contributed by atoms with Gasteiger partial charge in [-0.05, 0) is 97.9 Å². The molecule has 0 nitrogen and oxygen atoms in total. The maximum Gasteiger partial charge on any atom is 0.0807 e. The number of hydrogen-bond acceptors (Lipinski definition) is 4. The number of rotatable bonds is 23. The Labute approximate surface area is 309 Å². The molecule has 4 aromatic heterocycles. The zero-order valence-corrected chi connectivity index (χ0v) is 33.5. The van der Waals surface area contributed by atoms with Gasteiger partial charge in [0.15, 0.2) is 0 Å². The van der Waals surface area contributed by atoms with Crippen molar-refractivity contribution in [2.24, 2.45) is 0 Å². The minimum absolute atomic E-state index is 1.12. The summed E-state index contributed by atoms with van der Waals surface area (Å²) in [4.78, 5) is 10.7. The molecule has 4 heteroatoms. The molecule has 48 heavy (non-hydrogen) atoms.